The fraction of sp³-hybridized carbons (Fsp3) is 0.214. The number of nitrogens with zero attached hydrogens (tertiary/aromatic N) is 1. The van der Waals surface area contributed by atoms with Gasteiger partial charge in [0.2, 0.25) is 0 Å². The van der Waals surface area contributed by atoms with Gasteiger partial charge in [0, 0.05) is 17.8 Å². The summed E-state index contributed by atoms with van der Waals surface area (Å²) in [6.45, 7) is 3.78. The van der Waals surface area contributed by atoms with Crippen LogP contribution in [0, 0.1) is 6.92 Å². The van der Waals surface area contributed by atoms with E-state index in [0.717, 1.165) is 5.56 Å². The third-order valence-corrected chi connectivity index (χ3v) is 3.64. The van der Waals surface area contributed by atoms with Crippen LogP contribution in [-0.4, -0.2) is 21.0 Å². The maximum Gasteiger partial charge on any atom is 0.251 e. The van der Waals surface area contributed by atoms with Crippen LogP contribution in [0.3, 0.4) is 0 Å². The van der Waals surface area contributed by atoms with Crippen molar-refractivity contribution in [2.24, 2.45) is 0 Å². The molecule has 0 spiro atoms. The highest BCUT2D eigenvalue weighted by atomic mass is 32.2. The monoisotopic (exact) mass is 274 g/mol. The smallest absolute Gasteiger partial charge is 0.251 e. The minimum absolute atomic E-state index is 0.0245. The van der Waals surface area contributed by atoms with E-state index in [0.29, 0.717) is 10.7 Å². The molecule has 0 aliphatic rings. The average Bonchev–Trinajstić information content (AvgIpc) is 2.39. The average molecular weight is 274 g/mol. The van der Waals surface area contributed by atoms with Crippen LogP contribution in [-0.2, 0) is 0 Å². The molecule has 1 atom stereocenters. The van der Waals surface area contributed by atoms with Gasteiger partial charge in [0.05, 0.1) is 5.25 Å². The summed E-state index contributed by atoms with van der Waals surface area (Å²) in [6.07, 6.45) is 1.43. The van der Waals surface area contributed by atoms with Crippen LogP contribution in [0.5, 0.6) is 0 Å². The minimum Gasteiger partial charge on any atom is -0.301 e. The number of nitrogens with one attached hydrogen (secondary N) is 1. The fourth-order valence-electron chi connectivity index (χ4n) is 1.59. The standard InChI is InChI=1S/C14H14N2O2S/c1-9-3-5-11(6-4-9)13(18)10(2)19-14-15-8-7-12(17)16-14/h3-8,10H,1-2H3,(H,15,16,17). The number of benzene rings is 1. The first-order chi connectivity index (χ1) is 9.06. The SMILES string of the molecule is Cc1ccc(C(=O)C(C)Sc2nccc(=O)[nH]2)cc1. The Hall–Kier alpha value is -1.88. The maximum absolute atomic E-state index is 12.2. The van der Waals surface area contributed by atoms with Crippen molar-refractivity contribution in [3.8, 4) is 0 Å². The first kappa shape index (κ1) is 13.5. The molecule has 0 bridgehead atoms. The second-order valence-electron chi connectivity index (χ2n) is 4.23. The molecule has 5 heteroatoms. The zero-order valence-corrected chi connectivity index (χ0v) is 11.5. The molecule has 1 aromatic heterocycles. The van der Waals surface area contributed by atoms with Gasteiger partial charge >= 0.3 is 0 Å². The number of Topliss-reactive ketones (excluding diaryl/α,β-unsaturated/α-hetero) is 1. The van der Waals surface area contributed by atoms with E-state index >= 15 is 0 Å². The first-order valence-corrected chi connectivity index (χ1v) is 6.77. The summed E-state index contributed by atoms with van der Waals surface area (Å²) in [5, 5.41) is 0.161. The van der Waals surface area contributed by atoms with Crippen LogP contribution in [0.4, 0.5) is 0 Å². The van der Waals surface area contributed by atoms with Gasteiger partial charge < -0.3 is 4.98 Å². The number of hydrogen-bond acceptors (Lipinski definition) is 4. The van der Waals surface area contributed by atoms with Crippen molar-refractivity contribution in [2.75, 3.05) is 0 Å². The molecule has 2 rings (SSSR count). The number of ketones is 1. The lowest BCUT2D eigenvalue weighted by Gasteiger charge is -2.09. The molecule has 19 heavy (non-hydrogen) atoms. The Morgan fingerprint density at radius 1 is 1.26 bits per heavy atom. The number of aromatic nitrogens is 2. The number of thioether (sulfide) groups is 1. The summed E-state index contributed by atoms with van der Waals surface area (Å²) in [6, 6.07) is 8.79. The minimum atomic E-state index is -0.298. The van der Waals surface area contributed by atoms with E-state index in [4.69, 9.17) is 0 Å². The van der Waals surface area contributed by atoms with Crippen LogP contribution < -0.4 is 5.56 Å². The molecular weight excluding hydrogens is 260 g/mol. The second kappa shape index (κ2) is 5.84. The third kappa shape index (κ3) is 3.54. The van der Waals surface area contributed by atoms with Gasteiger partial charge in [-0.05, 0) is 13.8 Å². The van der Waals surface area contributed by atoms with Crippen molar-refractivity contribution in [1.82, 2.24) is 9.97 Å². The molecule has 0 aliphatic heterocycles. The summed E-state index contributed by atoms with van der Waals surface area (Å²) in [4.78, 5) is 30.0. The molecule has 2 aromatic rings. The highest BCUT2D eigenvalue weighted by Crippen LogP contribution is 2.21. The Labute approximate surface area is 115 Å². The molecule has 1 aromatic carbocycles. The lowest BCUT2D eigenvalue weighted by Crippen LogP contribution is -2.15. The van der Waals surface area contributed by atoms with Crippen molar-refractivity contribution in [3.63, 3.8) is 0 Å². The Bertz CT molecular complexity index is 634. The molecule has 0 amide bonds. The van der Waals surface area contributed by atoms with Crippen molar-refractivity contribution in [3.05, 3.63) is 58.0 Å². The van der Waals surface area contributed by atoms with Crippen molar-refractivity contribution < 1.29 is 4.79 Å². The van der Waals surface area contributed by atoms with Crippen LogP contribution in [0.2, 0.25) is 0 Å². The largest absolute Gasteiger partial charge is 0.301 e. The zero-order chi connectivity index (χ0) is 13.8. The van der Waals surface area contributed by atoms with Crippen LogP contribution >= 0.6 is 11.8 Å². The number of aromatic amines is 1. The van der Waals surface area contributed by atoms with Crippen LogP contribution in [0.25, 0.3) is 0 Å². The van der Waals surface area contributed by atoms with Crippen molar-refractivity contribution >= 4 is 17.5 Å². The predicted molar refractivity (Wildman–Crippen MR) is 75.7 cm³/mol. The number of carbonyl (C=O) groups is 1. The lowest BCUT2D eigenvalue weighted by atomic mass is 10.1. The van der Waals surface area contributed by atoms with E-state index in [-0.39, 0.29) is 16.6 Å². The molecule has 98 valence electrons. The van der Waals surface area contributed by atoms with E-state index in [2.05, 4.69) is 9.97 Å². The van der Waals surface area contributed by atoms with Crippen molar-refractivity contribution in [1.29, 1.82) is 0 Å². The summed E-state index contributed by atoms with van der Waals surface area (Å²) >= 11 is 1.25. The Kier molecular flexibility index (Phi) is 4.16. The molecule has 0 fully saturated rings. The van der Waals surface area contributed by atoms with E-state index in [1.54, 1.807) is 6.92 Å². The first-order valence-electron chi connectivity index (χ1n) is 5.89. The Morgan fingerprint density at radius 3 is 2.58 bits per heavy atom. The number of rotatable bonds is 4. The Balaban J connectivity index is 2.11. The normalized spacial score (nSPS) is 12.1. The molecule has 1 unspecified atom stereocenters. The summed E-state index contributed by atoms with van der Waals surface area (Å²) in [5.41, 5.74) is 1.57. The van der Waals surface area contributed by atoms with Crippen LogP contribution in [0.1, 0.15) is 22.8 Å². The van der Waals surface area contributed by atoms with Crippen LogP contribution in [0.15, 0.2) is 46.5 Å². The summed E-state index contributed by atoms with van der Waals surface area (Å²) in [7, 11) is 0. The van der Waals surface area contributed by atoms with E-state index in [1.807, 2.05) is 31.2 Å². The van der Waals surface area contributed by atoms with E-state index in [9.17, 15) is 9.59 Å². The topological polar surface area (TPSA) is 62.8 Å². The third-order valence-electron chi connectivity index (χ3n) is 2.64. The molecular formula is C14H14N2O2S. The van der Waals surface area contributed by atoms with Gasteiger partial charge in [-0.2, -0.15) is 0 Å². The molecule has 1 N–H and O–H groups in total. The molecule has 0 aliphatic carbocycles. The Morgan fingerprint density at radius 2 is 1.95 bits per heavy atom. The molecule has 0 radical (unpaired) electrons. The van der Waals surface area contributed by atoms with Crippen molar-refractivity contribution in [2.45, 2.75) is 24.3 Å². The fourth-order valence-corrected chi connectivity index (χ4v) is 2.44. The zero-order valence-electron chi connectivity index (χ0n) is 10.7. The van der Waals surface area contributed by atoms with Gasteiger partial charge in [0.25, 0.3) is 5.56 Å². The predicted octanol–water partition coefficient (Wildman–Crippen LogP) is 2.44. The second-order valence-corrected chi connectivity index (χ2v) is 5.56. The number of H-pyrrole nitrogens is 1. The molecule has 1 heterocycles. The van der Waals surface area contributed by atoms with Gasteiger partial charge in [0.1, 0.15) is 0 Å². The van der Waals surface area contributed by atoms with E-state index < -0.39 is 0 Å². The lowest BCUT2D eigenvalue weighted by molar-refractivity contribution is 0.0994. The summed E-state index contributed by atoms with van der Waals surface area (Å²) < 4.78 is 0. The maximum atomic E-state index is 12.2. The quantitative estimate of drug-likeness (QED) is 0.528. The van der Waals surface area contributed by atoms with Gasteiger partial charge in [-0.1, -0.05) is 41.6 Å². The number of hydrogen-bond donors (Lipinski definition) is 1. The molecule has 0 saturated heterocycles. The van der Waals surface area contributed by atoms with Gasteiger partial charge in [0.15, 0.2) is 10.9 Å². The van der Waals surface area contributed by atoms with Gasteiger partial charge in [-0.3, -0.25) is 9.59 Å². The molecule has 4 nitrogen and oxygen atoms in total. The highest BCUT2D eigenvalue weighted by molar-refractivity contribution is 8.00. The highest BCUT2D eigenvalue weighted by Gasteiger charge is 2.17. The number of carbonyl (C=O) groups excluding carboxylic acids is 1. The van der Waals surface area contributed by atoms with Gasteiger partial charge in [-0.15, -0.1) is 0 Å². The number of aryl methyl sites for hydroxylation is 1. The molecule has 0 saturated carbocycles. The summed E-state index contributed by atoms with van der Waals surface area (Å²) in [5.74, 6) is 0.0245. The van der Waals surface area contributed by atoms with E-state index in [1.165, 1.54) is 24.0 Å². The van der Waals surface area contributed by atoms with Gasteiger partial charge in [-0.25, -0.2) is 4.98 Å².